The summed E-state index contributed by atoms with van der Waals surface area (Å²) in [6.07, 6.45) is -0.118. The smallest absolute Gasteiger partial charge is 0.309 e. The van der Waals surface area contributed by atoms with Gasteiger partial charge in [-0.3, -0.25) is 4.79 Å². The summed E-state index contributed by atoms with van der Waals surface area (Å²) in [5.74, 6) is -0.194. The summed E-state index contributed by atoms with van der Waals surface area (Å²) >= 11 is 0. The van der Waals surface area contributed by atoms with Crippen LogP contribution in [0.1, 0.15) is 20.3 Å². The van der Waals surface area contributed by atoms with Crippen LogP contribution in [0.25, 0.3) is 0 Å². The Balaban J connectivity index is 2.16. The maximum Gasteiger partial charge on any atom is 0.309 e. The van der Waals surface area contributed by atoms with E-state index in [2.05, 4.69) is 0 Å². The number of hydrogen-bond acceptors (Lipinski definition) is 4. The van der Waals surface area contributed by atoms with E-state index in [0.29, 0.717) is 13.0 Å². The highest BCUT2D eigenvalue weighted by Crippen LogP contribution is 2.35. The molecule has 2 rings (SSSR count). The van der Waals surface area contributed by atoms with E-state index in [4.69, 9.17) is 14.2 Å². The molecule has 0 aromatic rings. The summed E-state index contributed by atoms with van der Waals surface area (Å²) in [6.45, 7) is 4.16. The maximum atomic E-state index is 11.0. The molecule has 0 saturated carbocycles. The Kier molecular flexibility index (Phi) is 1.63. The molecule has 4 heteroatoms. The van der Waals surface area contributed by atoms with Crippen molar-refractivity contribution in [2.75, 3.05) is 6.61 Å². The van der Waals surface area contributed by atoms with Gasteiger partial charge in [-0.25, -0.2) is 0 Å². The molecule has 3 atom stereocenters. The molecule has 0 amide bonds. The highest BCUT2D eigenvalue weighted by molar-refractivity contribution is 5.73. The molecule has 0 aromatic carbocycles. The van der Waals surface area contributed by atoms with Crippen LogP contribution in [-0.2, 0) is 19.0 Å². The van der Waals surface area contributed by atoms with Crippen LogP contribution in [0.3, 0.4) is 0 Å². The van der Waals surface area contributed by atoms with E-state index in [9.17, 15) is 4.79 Å². The van der Waals surface area contributed by atoms with E-state index in [-0.39, 0.29) is 18.4 Å². The first-order chi connectivity index (χ1) is 5.60. The van der Waals surface area contributed by atoms with Crippen molar-refractivity contribution in [1.82, 2.24) is 0 Å². The third-order valence-electron chi connectivity index (χ3n) is 2.37. The number of carbonyl (C=O) groups excluding carboxylic acids is 1. The van der Waals surface area contributed by atoms with Crippen LogP contribution >= 0.6 is 0 Å². The lowest BCUT2D eigenvalue weighted by Crippen LogP contribution is -2.48. The van der Waals surface area contributed by atoms with E-state index in [1.165, 1.54) is 0 Å². The second kappa shape index (κ2) is 2.44. The molecule has 0 N–H and O–H groups in total. The largest absolute Gasteiger partial charge is 0.457 e. The van der Waals surface area contributed by atoms with Gasteiger partial charge in [0.2, 0.25) is 0 Å². The summed E-state index contributed by atoms with van der Waals surface area (Å²) in [4.78, 5) is 11.0. The predicted molar refractivity (Wildman–Crippen MR) is 39.4 cm³/mol. The molecule has 2 aliphatic rings. The molecule has 0 radical (unpaired) electrons. The number of carbonyl (C=O) groups is 1. The van der Waals surface area contributed by atoms with Gasteiger partial charge in [0.25, 0.3) is 0 Å². The van der Waals surface area contributed by atoms with Crippen molar-refractivity contribution in [2.24, 2.45) is 0 Å². The Morgan fingerprint density at radius 1 is 1.58 bits per heavy atom. The van der Waals surface area contributed by atoms with Gasteiger partial charge < -0.3 is 14.2 Å². The summed E-state index contributed by atoms with van der Waals surface area (Å²) in [7, 11) is 0. The molecule has 0 bridgehead atoms. The molecule has 4 nitrogen and oxygen atoms in total. The maximum absolute atomic E-state index is 11.0. The molecular formula is C8H12O4. The molecule has 2 fully saturated rings. The fourth-order valence-corrected chi connectivity index (χ4v) is 1.69. The van der Waals surface area contributed by atoms with Gasteiger partial charge in [-0.2, -0.15) is 0 Å². The lowest BCUT2D eigenvalue weighted by atomic mass is 9.97. The Morgan fingerprint density at radius 2 is 2.33 bits per heavy atom. The minimum Gasteiger partial charge on any atom is -0.457 e. The van der Waals surface area contributed by atoms with Gasteiger partial charge in [0.05, 0.1) is 13.0 Å². The Hall–Kier alpha value is -0.610. The lowest BCUT2D eigenvalue weighted by molar-refractivity contribution is -0.267. The SMILES string of the molecule is CC1OCC2OC(=O)CC2(C)O1. The summed E-state index contributed by atoms with van der Waals surface area (Å²) < 4.78 is 15.7. The van der Waals surface area contributed by atoms with Crippen molar-refractivity contribution in [3.8, 4) is 0 Å². The zero-order chi connectivity index (χ0) is 8.77. The average Bonchev–Trinajstić information content (AvgIpc) is 2.22. The van der Waals surface area contributed by atoms with E-state index in [1.807, 2.05) is 13.8 Å². The Bertz CT molecular complexity index is 215. The molecule has 12 heavy (non-hydrogen) atoms. The van der Waals surface area contributed by atoms with Crippen LogP contribution in [0.2, 0.25) is 0 Å². The zero-order valence-electron chi connectivity index (χ0n) is 7.20. The quantitative estimate of drug-likeness (QED) is 0.498. The average molecular weight is 172 g/mol. The van der Waals surface area contributed by atoms with Gasteiger partial charge in [-0.05, 0) is 13.8 Å². The van der Waals surface area contributed by atoms with Gasteiger partial charge >= 0.3 is 5.97 Å². The third kappa shape index (κ3) is 1.11. The van der Waals surface area contributed by atoms with Crippen molar-refractivity contribution < 1.29 is 19.0 Å². The number of rotatable bonds is 0. The first kappa shape index (κ1) is 8.01. The van der Waals surface area contributed by atoms with Crippen LogP contribution in [0.4, 0.5) is 0 Å². The van der Waals surface area contributed by atoms with Crippen LogP contribution in [0.15, 0.2) is 0 Å². The molecule has 3 unspecified atom stereocenters. The number of ether oxygens (including phenoxy) is 3. The van der Waals surface area contributed by atoms with Crippen molar-refractivity contribution >= 4 is 5.97 Å². The van der Waals surface area contributed by atoms with Crippen LogP contribution in [0, 0.1) is 0 Å². The van der Waals surface area contributed by atoms with Crippen molar-refractivity contribution in [1.29, 1.82) is 0 Å². The van der Waals surface area contributed by atoms with Crippen molar-refractivity contribution in [3.63, 3.8) is 0 Å². The Morgan fingerprint density at radius 3 is 3.08 bits per heavy atom. The standard InChI is InChI=1S/C8H12O4/c1-5-10-4-6-8(2,12-5)3-7(9)11-6/h5-6H,3-4H2,1-2H3. The molecule has 2 saturated heterocycles. The fourth-order valence-electron chi connectivity index (χ4n) is 1.69. The highest BCUT2D eigenvalue weighted by Gasteiger charge is 2.50. The van der Waals surface area contributed by atoms with Crippen LogP contribution < -0.4 is 0 Å². The van der Waals surface area contributed by atoms with Gasteiger partial charge in [0.15, 0.2) is 12.4 Å². The van der Waals surface area contributed by atoms with Gasteiger partial charge in [0.1, 0.15) is 5.60 Å². The molecule has 2 heterocycles. The van der Waals surface area contributed by atoms with Crippen LogP contribution in [-0.4, -0.2) is 30.6 Å². The highest BCUT2D eigenvalue weighted by atomic mass is 16.7. The summed E-state index contributed by atoms with van der Waals surface area (Å²) in [5, 5.41) is 0. The first-order valence-corrected chi connectivity index (χ1v) is 4.09. The molecule has 2 aliphatic heterocycles. The number of fused-ring (bicyclic) bond motifs is 1. The lowest BCUT2D eigenvalue weighted by Gasteiger charge is -2.36. The number of hydrogen-bond donors (Lipinski definition) is 0. The van der Waals surface area contributed by atoms with E-state index >= 15 is 0 Å². The van der Waals surface area contributed by atoms with Crippen molar-refractivity contribution in [2.45, 2.75) is 38.3 Å². The minimum absolute atomic E-state index is 0.194. The van der Waals surface area contributed by atoms with Gasteiger partial charge in [-0.1, -0.05) is 0 Å². The second-order valence-corrected chi connectivity index (χ2v) is 3.49. The van der Waals surface area contributed by atoms with Crippen LogP contribution in [0.5, 0.6) is 0 Å². The van der Waals surface area contributed by atoms with Gasteiger partial charge in [-0.15, -0.1) is 0 Å². The van der Waals surface area contributed by atoms with E-state index < -0.39 is 5.60 Å². The topological polar surface area (TPSA) is 44.8 Å². The predicted octanol–water partition coefficient (Wildman–Crippen LogP) is 0.453. The normalized spacial score (nSPS) is 47.0. The molecular weight excluding hydrogens is 160 g/mol. The monoisotopic (exact) mass is 172 g/mol. The minimum atomic E-state index is -0.464. The summed E-state index contributed by atoms with van der Waals surface area (Å²) in [6, 6.07) is 0. The number of esters is 1. The van der Waals surface area contributed by atoms with Gasteiger partial charge in [0, 0.05) is 0 Å². The molecule has 0 spiro atoms. The molecule has 68 valence electrons. The summed E-state index contributed by atoms with van der Waals surface area (Å²) in [5.41, 5.74) is -0.464. The van der Waals surface area contributed by atoms with E-state index in [1.54, 1.807) is 0 Å². The van der Waals surface area contributed by atoms with Crippen molar-refractivity contribution in [3.05, 3.63) is 0 Å². The fraction of sp³-hybridized carbons (Fsp3) is 0.875. The second-order valence-electron chi connectivity index (χ2n) is 3.49. The molecule has 0 aliphatic carbocycles. The third-order valence-corrected chi connectivity index (χ3v) is 2.37. The Labute approximate surface area is 70.8 Å². The van der Waals surface area contributed by atoms with E-state index in [0.717, 1.165) is 0 Å². The molecule has 0 aromatic heterocycles. The first-order valence-electron chi connectivity index (χ1n) is 4.09. The zero-order valence-corrected chi connectivity index (χ0v) is 7.20.